The summed E-state index contributed by atoms with van der Waals surface area (Å²) in [7, 11) is 0. The first-order chi connectivity index (χ1) is 13.3. The molecule has 0 bridgehead atoms. The third-order valence-corrected chi connectivity index (χ3v) is 4.22. The lowest BCUT2D eigenvalue weighted by Crippen LogP contribution is -2.25. The highest BCUT2D eigenvalue weighted by molar-refractivity contribution is 9.10. The summed E-state index contributed by atoms with van der Waals surface area (Å²) >= 11 is 3.27. The van der Waals surface area contributed by atoms with Crippen LogP contribution >= 0.6 is 15.9 Å². The molecule has 0 radical (unpaired) electrons. The predicted molar refractivity (Wildman–Crippen MR) is 102 cm³/mol. The van der Waals surface area contributed by atoms with Gasteiger partial charge in [0.25, 0.3) is 11.5 Å². The zero-order valence-corrected chi connectivity index (χ0v) is 15.5. The van der Waals surface area contributed by atoms with Crippen molar-refractivity contribution in [2.75, 3.05) is 5.32 Å². The van der Waals surface area contributed by atoms with Crippen molar-refractivity contribution < 1.29 is 24.9 Å². The summed E-state index contributed by atoms with van der Waals surface area (Å²) in [5, 5.41) is 35.0. The van der Waals surface area contributed by atoms with Gasteiger partial charge in [0.15, 0.2) is 11.4 Å². The quantitative estimate of drug-likeness (QED) is 0.451. The van der Waals surface area contributed by atoms with Crippen molar-refractivity contribution in [3.8, 4) is 17.2 Å². The number of aromatic carboxylic acids is 1. The van der Waals surface area contributed by atoms with Crippen LogP contribution in [0.15, 0.2) is 57.8 Å². The van der Waals surface area contributed by atoms with Crippen LogP contribution in [-0.4, -0.2) is 37.0 Å². The first kappa shape index (κ1) is 19.1. The second kappa shape index (κ2) is 7.53. The van der Waals surface area contributed by atoms with Crippen LogP contribution < -0.4 is 10.9 Å². The Bertz CT molecular complexity index is 1140. The molecular weight excluding hydrogens is 434 g/mol. The summed E-state index contributed by atoms with van der Waals surface area (Å²) in [5.41, 5.74) is -0.983. The highest BCUT2D eigenvalue weighted by Gasteiger charge is 2.19. The molecule has 0 spiro atoms. The molecule has 0 aliphatic rings. The van der Waals surface area contributed by atoms with E-state index in [1.165, 1.54) is 12.1 Å². The minimum absolute atomic E-state index is 0.0856. The fraction of sp³-hybridized carbons (Fsp3) is 0. The van der Waals surface area contributed by atoms with Crippen LogP contribution in [0.1, 0.15) is 20.8 Å². The Morgan fingerprint density at radius 2 is 1.68 bits per heavy atom. The number of hydrogen-bond acceptors (Lipinski definition) is 6. The van der Waals surface area contributed by atoms with Crippen molar-refractivity contribution >= 4 is 33.5 Å². The smallest absolute Gasteiger partial charge is 0.335 e. The first-order valence-corrected chi connectivity index (χ1v) is 8.52. The molecule has 1 heterocycles. The number of nitrogens with one attached hydrogen (secondary N) is 1. The van der Waals surface area contributed by atoms with E-state index in [1.807, 2.05) is 0 Å². The Morgan fingerprint density at radius 3 is 2.29 bits per heavy atom. The number of phenols is 1. The third-order valence-electron chi connectivity index (χ3n) is 3.69. The van der Waals surface area contributed by atoms with E-state index in [0.717, 1.165) is 21.3 Å². The molecular formula is C18H12BrN3O6. The third kappa shape index (κ3) is 3.86. The lowest BCUT2D eigenvalue weighted by atomic mass is 10.2. The molecule has 3 aromatic rings. The van der Waals surface area contributed by atoms with Crippen molar-refractivity contribution in [2.24, 2.45) is 0 Å². The van der Waals surface area contributed by atoms with Crippen LogP contribution in [0.5, 0.6) is 11.5 Å². The van der Waals surface area contributed by atoms with Crippen LogP contribution in [0.4, 0.5) is 5.69 Å². The standard InChI is InChI=1S/C18H12BrN3O6/c19-10-2-4-11(5-3-10)22-15(25)8-14(24)16(21-22)17(26)20-12-6-1-9(18(27)28)7-13(12)23/h1-8,23-24H,(H,20,26)(H,27,28). The number of rotatable bonds is 4. The molecule has 142 valence electrons. The molecule has 0 saturated carbocycles. The highest BCUT2D eigenvalue weighted by Crippen LogP contribution is 2.25. The van der Waals surface area contributed by atoms with E-state index in [0.29, 0.717) is 5.69 Å². The number of phenolic OH excluding ortho intramolecular Hbond substituents is 1. The zero-order chi connectivity index (χ0) is 20.4. The van der Waals surface area contributed by atoms with Gasteiger partial charge < -0.3 is 20.6 Å². The molecule has 0 fully saturated rings. The van der Waals surface area contributed by atoms with E-state index in [4.69, 9.17) is 5.11 Å². The number of aromatic hydroxyl groups is 2. The van der Waals surface area contributed by atoms with Gasteiger partial charge in [0.2, 0.25) is 0 Å². The number of hydrogen-bond donors (Lipinski definition) is 4. The van der Waals surface area contributed by atoms with E-state index >= 15 is 0 Å². The van der Waals surface area contributed by atoms with Crippen molar-refractivity contribution in [3.05, 3.63) is 74.6 Å². The van der Waals surface area contributed by atoms with Crippen molar-refractivity contribution in [1.29, 1.82) is 0 Å². The molecule has 0 saturated heterocycles. The van der Waals surface area contributed by atoms with Gasteiger partial charge in [-0.05, 0) is 42.5 Å². The maximum absolute atomic E-state index is 12.5. The highest BCUT2D eigenvalue weighted by atomic mass is 79.9. The summed E-state index contributed by atoms with van der Waals surface area (Å²) in [4.78, 5) is 35.5. The molecule has 1 aromatic heterocycles. The Labute approximate surface area is 165 Å². The second-order valence-electron chi connectivity index (χ2n) is 5.60. The number of halogens is 1. The Hall–Kier alpha value is -3.66. The molecule has 0 aliphatic heterocycles. The number of benzene rings is 2. The topological polar surface area (TPSA) is 142 Å². The van der Waals surface area contributed by atoms with Gasteiger partial charge in [0, 0.05) is 10.5 Å². The predicted octanol–water partition coefficient (Wildman–Crippen LogP) is 2.36. The molecule has 10 heteroatoms. The Balaban J connectivity index is 1.96. The number of carbonyl (C=O) groups excluding carboxylic acids is 1. The Kier molecular flexibility index (Phi) is 5.14. The molecule has 28 heavy (non-hydrogen) atoms. The van der Waals surface area contributed by atoms with Gasteiger partial charge in [-0.2, -0.15) is 9.78 Å². The molecule has 3 rings (SSSR count). The summed E-state index contributed by atoms with van der Waals surface area (Å²) in [5.74, 6) is -3.26. The summed E-state index contributed by atoms with van der Waals surface area (Å²) in [6.45, 7) is 0. The maximum Gasteiger partial charge on any atom is 0.335 e. The lowest BCUT2D eigenvalue weighted by molar-refractivity contribution is 0.0696. The number of aromatic nitrogens is 2. The molecule has 0 atom stereocenters. The number of nitrogens with zero attached hydrogens (tertiary/aromatic N) is 2. The van der Waals surface area contributed by atoms with Gasteiger partial charge in [-0.15, -0.1) is 0 Å². The first-order valence-electron chi connectivity index (χ1n) is 7.73. The van der Waals surface area contributed by atoms with Gasteiger partial charge >= 0.3 is 5.97 Å². The van der Waals surface area contributed by atoms with Gasteiger partial charge in [0.05, 0.1) is 16.9 Å². The van der Waals surface area contributed by atoms with Crippen LogP contribution in [-0.2, 0) is 0 Å². The van der Waals surface area contributed by atoms with E-state index in [1.54, 1.807) is 24.3 Å². The van der Waals surface area contributed by atoms with Crippen molar-refractivity contribution in [3.63, 3.8) is 0 Å². The molecule has 9 nitrogen and oxygen atoms in total. The summed E-state index contributed by atoms with van der Waals surface area (Å²) < 4.78 is 1.72. The van der Waals surface area contributed by atoms with Crippen LogP contribution in [0.25, 0.3) is 5.69 Å². The number of carboxylic acid groups (broad SMARTS) is 1. The number of anilines is 1. The molecule has 2 aromatic carbocycles. The Morgan fingerprint density at radius 1 is 1.00 bits per heavy atom. The van der Waals surface area contributed by atoms with E-state index < -0.39 is 34.6 Å². The summed E-state index contributed by atoms with van der Waals surface area (Å²) in [6.07, 6.45) is 0. The normalized spacial score (nSPS) is 10.5. The average molecular weight is 446 g/mol. The van der Waals surface area contributed by atoms with Gasteiger partial charge in [-0.3, -0.25) is 9.59 Å². The van der Waals surface area contributed by atoms with Crippen LogP contribution in [0.3, 0.4) is 0 Å². The number of carbonyl (C=O) groups is 2. The lowest BCUT2D eigenvalue weighted by Gasteiger charge is -2.11. The molecule has 0 unspecified atom stereocenters. The summed E-state index contributed by atoms with van der Waals surface area (Å²) in [6, 6.07) is 10.7. The molecule has 4 N–H and O–H groups in total. The van der Waals surface area contributed by atoms with Gasteiger partial charge in [-0.1, -0.05) is 15.9 Å². The average Bonchev–Trinajstić information content (AvgIpc) is 2.64. The van der Waals surface area contributed by atoms with Crippen molar-refractivity contribution in [2.45, 2.75) is 0 Å². The molecule has 0 aliphatic carbocycles. The van der Waals surface area contributed by atoms with Crippen LogP contribution in [0, 0.1) is 0 Å². The SMILES string of the molecule is O=C(O)c1ccc(NC(=O)c2nn(-c3ccc(Br)cc3)c(=O)cc2O)c(O)c1. The fourth-order valence-corrected chi connectivity index (χ4v) is 2.59. The van der Waals surface area contributed by atoms with Crippen molar-refractivity contribution in [1.82, 2.24) is 9.78 Å². The van der Waals surface area contributed by atoms with E-state index in [-0.39, 0.29) is 11.3 Å². The second-order valence-corrected chi connectivity index (χ2v) is 6.51. The number of amides is 1. The molecule has 1 amide bonds. The maximum atomic E-state index is 12.5. The zero-order valence-electron chi connectivity index (χ0n) is 14.0. The van der Waals surface area contributed by atoms with Gasteiger partial charge in [0.1, 0.15) is 5.75 Å². The van der Waals surface area contributed by atoms with Crippen LogP contribution in [0.2, 0.25) is 0 Å². The minimum atomic E-state index is -1.24. The minimum Gasteiger partial charge on any atom is -0.506 e. The van der Waals surface area contributed by atoms with Gasteiger partial charge in [-0.25, -0.2) is 4.79 Å². The number of carboxylic acids is 1. The van der Waals surface area contributed by atoms with E-state index in [9.17, 15) is 24.6 Å². The fourth-order valence-electron chi connectivity index (χ4n) is 2.33. The largest absolute Gasteiger partial charge is 0.506 e. The van der Waals surface area contributed by atoms with E-state index in [2.05, 4.69) is 26.3 Å². The monoisotopic (exact) mass is 445 g/mol.